The molecular weight excluding hydrogens is 244 g/mol. The Kier molecular flexibility index (Phi) is 2.98. The molecule has 1 unspecified atom stereocenters. The van der Waals surface area contributed by atoms with Crippen LogP contribution in [0.3, 0.4) is 0 Å². The van der Waals surface area contributed by atoms with Crippen LogP contribution in [-0.2, 0) is 4.79 Å². The molecule has 2 saturated heterocycles. The van der Waals surface area contributed by atoms with Crippen LogP contribution in [0.15, 0.2) is 6.33 Å². The molecule has 2 aliphatic heterocycles. The summed E-state index contributed by atoms with van der Waals surface area (Å²) in [6.07, 6.45) is 3.14. The fourth-order valence-corrected chi connectivity index (χ4v) is 2.96. The number of carbonyl (C=O) groups is 1. The van der Waals surface area contributed by atoms with Crippen molar-refractivity contribution in [2.24, 2.45) is 5.84 Å². The summed E-state index contributed by atoms with van der Waals surface area (Å²) in [6.45, 7) is 4.38. The van der Waals surface area contributed by atoms with E-state index < -0.39 is 0 Å². The number of fused-ring (bicyclic) bond motifs is 1. The molecule has 0 spiro atoms. The van der Waals surface area contributed by atoms with Gasteiger partial charge in [0.1, 0.15) is 18.0 Å². The molecule has 1 aromatic heterocycles. The van der Waals surface area contributed by atoms with E-state index in [-0.39, 0.29) is 5.91 Å². The normalized spacial score (nSPS) is 22.6. The molecule has 0 radical (unpaired) electrons. The van der Waals surface area contributed by atoms with Gasteiger partial charge in [-0.05, 0) is 13.3 Å². The van der Waals surface area contributed by atoms with Crippen LogP contribution < -0.4 is 16.2 Å². The monoisotopic (exact) mass is 262 g/mol. The SMILES string of the molecule is Cc1c(NN)ncnc1N1CCN2C(=O)CCC2C1. The van der Waals surface area contributed by atoms with Gasteiger partial charge in [-0.15, -0.1) is 0 Å². The second kappa shape index (κ2) is 4.65. The van der Waals surface area contributed by atoms with Crippen molar-refractivity contribution in [1.29, 1.82) is 0 Å². The third-order valence-electron chi connectivity index (χ3n) is 3.99. The number of hydrogen-bond donors (Lipinski definition) is 2. The Bertz CT molecular complexity index is 505. The maximum atomic E-state index is 11.7. The van der Waals surface area contributed by atoms with Crippen molar-refractivity contribution in [3.8, 4) is 0 Å². The van der Waals surface area contributed by atoms with Gasteiger partial charge in [0.25, 0.3) is 0 Å². The lowest BCUT2D eigenvalue weighted by molar-refractivity contribution is -0.129. The molecule has 3 N–H and O–H groups in total. The summed E-state index contributed by atoms with van der Waals surface area (Å²) < 4.78 is 0. The van der Waals surface area contributed by atoms with Gasteiger partial charge in [-0.3, -0.25) is 4.79 Å². The van der Waals surface area contributed by atoms with Crippen molar-refractivity contribution in [2.45, 2.75) is 25.8 Å². The van der Waals surface area contributed by atoms with Crippen molar-refractivity contribution in [1.82, 2.24) is 14.9 Å². The number of amides is 1. The van der Waals surface area contributed by atoms with Gasteiger partial charge >= 0.3 is 0 Å². The number of nitrogens with zero attached hydrogens (tertiary/aromatic N) is 4. The number of anilines is 2. The smallest absolute Gasteiger partial charge is 0.223 e. The molecule has 2 aliphatic rings. The standard InChI is InChI=1S/C12H18N6O/c1-8-11(16-13)14-7-15-12(8)17-4-5-18-9(6-17)2-3-10(18)19/h7,9H,2-6,13H2,1H3,(H,14,15,16). The van der Waals surface area contributed by atoms with Crippen LogP contribution in [0.4, 0.5) is 11.6 Å². The first-order valence-corrected chi connectivity index (χ1v) is 6.53. The fourth-order valence-electron chi connectivity index (χ4n) is 2.96. The number of carbonyl (C=O) groups excluding carboxylic acids is 1. The van der Waals surface area contributed by atoms with Gasteiger partial charge in [-0.2, -0.15) is 0 Å². The Labute approximate surface area is 111 Å². The van der Waals surface area contributed by atoms with E-state index >= 15 is 0 Å². The van der Waals surface area contributed by atoms with Crippen LogP contribution in [0.2, 0.25) is 0 Å². The van der Waals surface area contributed by atoms with Crippen molar-refractivity contribution in [2.75, 3.05) is 30.0 Å². The summed E-state index contributed by atoms with van der Waals surface area (Å²) >= 11 is 0. The predicted octanol–water partition coefficient (Wildman–Crippen LogP) is -0.118. The lowest BCUT2D eigenvalue weighted by atomic mass is 10.1. The average Bonchev–Trinajstić information content (AvgIpc) is 2.80. The molecule has 1 atom stereocenters. The molecule has 0 saturated carbocycles. The van der Waals surface area contributed by atoms with E-state index in [4.69, 9.17) is 5.84 Å². The third-order valence-corrected chi connectivity index (χ3v) is 3.99. The largest absolute Gasteiger partial charge is 0.352 e. The second-order valence-electron chi connectivity index (χ2n) is 5.04. The number of nitrogen functional groups attached to an aromatic ring is 1. The number of aromatic nitrogens is 2. The highest BCUT2D eigenvalue weighted by molar-refractivity contribution is 5.79. The van der Waals surface area contributed by atoms with Crippen LogP contribution in [-0.4, -0.2) is 46.5 Å². The molecule has 102 valence electrons. The molecular formula is C12H18N6O. The van der Waals surface area contributed by atoms with Gasteiger partial charge in [0.05, 0.1) is 0 Å². The molecule has 7 nitrogen and oxygen atoms in total. The molecule has 0 bridgehead atoms. The molecule has 7 heteroatoms. The van der Waals surface area contributed by atoms with Crippen LogP contribution in [0.1, 0.15) is 18.4 Å². The molecule has 3 heterocycles. The molecule has 1 aromatic rings. The van der Waals surface area contributed by atoms with Crippen LogP contribution in [0.25, 0.3) is 0 Å². The van der Waals surface area contributed by atoms with E-state index in [1.54, 1.807) is 0 Å². The predicted molar refractivity (Wildman–Crippen MR) is 71.5 cm³/mol. The number of nitrogens with one attached hydrogen (secondary N) is 1. The maximum Gasteiger partial charge on any atom is 0.223 e. The summed E-state index contributed by atoms with van der Waals surface area (Å²) in [4.78, 5) is 24.3. The third kappa shape index (κ3) is 1.99. The minimum absolute atomic E-state index is 0.286. The van der Waals surface area contributed by atoms with Crippen molar-refractivity contribution in [3.05, 3.63) is 11.9 Å². The van der Waals surface area contributed by atoms with Gasteiger partial charge in [-0.1, -0.05) is 0 Å². The van der Waals surface area contributed by atoms with Crippen LogP contribution >= 0.6 is 0 Å². The lowest BCUT2D eigenvalue weighted by Crippen LogP contribution is -2.52. The summed E-state index contributed by atoms with van der Waals surface area (Å²) in [7, 11) is 0. The molecule has 3 rings (SSSR count). The molecule has 0 aromatic carbocycles. The Balaban J connectivity index is 1.83. The number of nitrogens with two attached hydrogens (primary N) is 1. The van der Waals surface area contributed by atoms with Gasteiger partial charge in [-0.25, -0.2) is 15.8 Å². The summed E-state index contributed by atoms with van der Waals surface area (Å²) in [5.41, 5.74) is 3.53. The fraction of sp³-hybridized carbons (Fsp3) is 0.583. The molecule has 2 fully saturated rings. The highest BCUT2D eigenvalue weighted by Gasteiger charge is 2.36. The van der Waals surface area contributed by atoms with Crippen molar-refractivity contribution in [3.63, 3.8) is 0 Å². The average molecular weight is 262 g/mol. The number of piperazine rings is 1. The second-order valence-corrected chi connectivity index (χ2v) is 5.04. The van der Waals surface area contributed by atoms with E-state index in [1.807, 2.05) is 11.8 Å². The van der Waals surface area contributed by atoms with Crippen LogP contribution in [0.5, 0.6) is 0 Å². The highest BCUT2D eigenvalue weighted by atomic mass is 16.2. The van der Waals surface area contributed by atoms with E-state index in [0.29, 0.717) is 18.3 Å². The Hall–Kier alpha value is -1.89. The highest BCUT2D eigenvalue weighted by Crippen LogP contribution is 2.28. The van der Waals surface area contributed by atoms with E-state index in [2.05, 4.69) is 20.3 Å². The maximum absolute atomic E-state index is 11.7. The number of hydrogen-bond acceptors (Lipinski definition) is 6. The van der Waals surface area contributed by atoms with Crippen molar-refractivity contribution >= 4 is 17.5 Å². The lowest BCUT2D eigenvalue weighted by Gasteiger charge is -2.38. The first kappa shape index (κ1) is 12.2. The zero-order chi connectivity index (χ0) is 13.4. The molecule has 1 amide bonds. The Morgan fingerprint density at radius 3 is 3.05 bits per heavy atom. The van der Waals surface area contributed by atoms with Gasteiger partial charge in [0.15, 0.2) is 0 Å². The Morgan fingerprint density at radius 1 is 1.42 bits per heavy atom. The first-order valence-electron chi connectivity index (χ1n) is 6.53. The summed E-state index contributed by atoms with van der Waals surface area (Å²) in [5.74, 6) is 7.28. The van der Waals surface area contributed by atoms with E-state index in [0.717, 1.165) is 37.4 Å². The molecule has 19 heavy (non-hydrogen) atoms. The topological polar surface area (TPSA) is 87.4 Å². The zero-order valence-corrected chi connectivity index (χ0v) is 11.0. The summed E-state index contributed by atoms with van der Waals surface area (Å²) in [5, 5.41) is 0. The number of hydrazine groups is 1. The minimum atomic E-state index is 0.286. The van der Waals surface area contributed by atoms with Gasteiger partial charge in [0, 0.05) is 37.7 Å². The summed E-state index contributed by atoms with van der Waals surface area (Å²) in [6, 6.07) is 0.324. The van der Waals surface area contributed by atoms with E-state index in [1.165, 1.54) is 6.33 Å². The minimum Gasteiger partial charge on any atom is -0.352 e. The van der Waals surface area contributed by atoms with Crippen molar-refractivity contribution < 1.29 is 4.79 Å². The molecule has 0 aliphatic carbocycles. The number of rotatable bonds is 2. The Morgan fingerprint density at radius 2 is 2.26 bits per heavy atom. The van der Waals surface area contributed by atoms with Gasteiger partial charge in [0.2, 0.25) is 5.91 Å². The van der Waals surface area contributed by atoms with E-state index in [9.17, 15) is 4.79 Å². The quantitative estimate of drug-likeness (QED) is 0.571. The zero-order valence-electron chi connectivity index (χ0n) is 11.0. The van der Waals surface area contributed by atoms with Crippen LogP contribution in [0, 0.1) is 6.92 Å². The van der Waals surface area contributed by atoms with Gasteiger partial charge < -0.3 is 15.2 Å². The first-order chi connectivity index (χ1) is 9.20.